The van der Waals surface area contributed by atoms with Crippen LogP contribution in [0.5, 0.6) is 0 Å². The predicted octanol–water partition coefficient (Wildman–Crippen LogP) is 3.56. The molecule has 1 aromatic heterocycles. The molecule has 1 N–H and O–H groups in total. The number of benzene rings is 2. The lowest BCUT2D eigenvalue weighted by molar-refractivity contribution is -0.115. The number of rotatable bonds is 4. The van der Waals surface area contributed by atoms with Gasteiger partial charge in [0.25, 0.3) is 0 Å². The van der Waals surface area contributed by atoms with E-state index in [-0.39, 0.29) is 11.7 Å². The van der Waals surface area contributed by atoms with Crippen LogP contribution in [0.15, 0.2) is 54.9 Å². The Bertz CT molecular complexity index is 938. The Labute approximate surface area is 144 Å². The van der Waals surface area contributed by atoms with Gasteiger partial charge in [-0.1, -0.05) is 24.3 Å². The number of fused-ring (bicyclic) bond motifs is 1. The summed E-state index contributed by atoms with van der Waals surface area (Å²) in [5.41, 5.74) is 4.42. The Morgan fingerprint density at radius 1 is 1.00 bits per heavy atom. The minimum Gasteiger partial charge on any atom is -0.326 e. The molecule has 0 unspecified atom stereocenters. The number of hydrogen-bond acceptors (Lipinski definition) is 3. The van der Waals surface area contributed by atoms with Crippen molar-refractivity contribution < 1.29 is 9.18 Å². The first-order valence-electron chi connectivity index (χ1n) is 8.16. The molecule has 1 aliphatic rings. The average molecular weight is 333 g/mol. The highest BCUT2D eigenvalue weighted by Gasteiger charge is 2.17. The lowest BCUT2D eigenvalue weighted by Gasteiger charge is -2.06. The van der Waals surface area contributed by atoms with Gasteiger partial charge in [0.05, 0.1) is 6.42 Å². The molecule has 1 amide bonds. The molecule has 1 aliphatic heterocycles. The second kappa shape index (κ2) is 6.43. The number of halogens is 1. The van der Waals surface area contributed by atoms with E-state index < -0.39 is 0 Å². The number of amides is 1. The van der Waals surface area contributed by atoms with Crippen molar-refractivity contribution in [2.45, 2.75) is 19.3 Å². The molecular weight excluding hydrogens is 317 g/mol. The number of aryl methyl sites for hydroxylation is 2. The smallest absolute Gasteiger partial charge is 0.228 e. The summed E-state index contributed by atoms with van der Waals surface area (Å²) in [4.78, 5) is 20.2. The molecule has 25 heavy (non-hydrogen) atoms. The van der Waals surface area contributed by atoms with Gasteiger partial charge in [-0.15, -0.1) is 0 Å². The van der Waals surface area contributed by atoms with E-state index in [0.29, 0.717) is 30.7 Å². The number of nitrogens with one attached hydrogen (secondary N) is 1. The van der Waals surface area contributed by atoms with E-state index in [0.717, 1.165) is 22.4 Å². The molecule has 0 saturated heterocycles. The molecule has 0 aliphatic carbocycles. The number of aromatic nitrogens is 2. The van der Waals surface area contributed by atoms with Crippen molar-refractivity contribution in [2.24, 2.45) is 0 Å². The number of carbonyl (C=O) groups is 1. The minimum absolute atomic E-state index is 0.0203. The van der Waals surface area contributed by atoms with Gasteiger partial charge in [-0.05, 0) is 41.3 Å². The molecule has 0 fully saturated rings. The molecule has 4 nitrogen and oxygen atoms in total. The Morgan fingerprint density at radius 3 is 2.60 bits per heavy atom. The maximum atomic E-state index is 13.6. The Kier molecular flexibility index (Phi) is 3.98. The van der Waals surface area contributed by atoms with Gasteiger partial charge in [0.2, 0.25) is 5.91 Å². The van der Waals surface area contributed by atoms with Crippen molar-refractivity contribution in [2.75, 3.05) is 5.32 Å². The van der Waals surface area contributed by atoms with Crippen molar-refractivity contribution in [1.82, 2.24) is 9.97 Å². The van der Waals surface area contributed by atoms with Crippen molar-refractivity contribution in [3.63, 3.8) is 0 Å². The van der Waals surface area contributed by atoms with Crippen molar-refractivity contribution in [1.29, 1.82) is 0 Å². The largest absolute Gasteiger partial charge is 0.326 e. The monoisotopic (exact) mass is 333 g/mol. The predicted molar refractivity (Wildman–Crippen MR) is 93.6 cm³/mol. The van der Waals surface area contributed by atoms with Gasteiger partial charge in [-0.25, -0.2) is 14.4 Å². The Hall–Kier alpha value is -3.08. The number of hydrogen-bond donors (Lipinski definition) is 1. The average Bonchev–Trinajstić information content (AvgIpc) is 3.00. The van der Waals surface area contributed by atoms with Crippen LogP contribution in [0.25, 0.3) is 11.1 Å². The van der Waals surface area contributed by atoms with Crippen LogP contribution in [0.2, 0.25) is 0 Å². The van der Waals surface area contributed by atoms with Crippen LogP contribution in [-0.4, -0.2) is 15.9 Å². The summed E-state index contributed by atoms with van der Waals surface area (Å²) in [6, 6.07) is 12.6. The first kappa shape index (κ1) is 15.4. The molecular formula is C20H16FN3O. The third-order valence-corrected chi connectivity index (χ3v) is 4.34. The van der Waals surface area contributed by atoms with Gasteiger partial charge in [0.1, 0.15) is 11.6 Å². The molecule has 3 aromatic rings. The second-order valence-corrected chi connectivity index (χ2v) is 6.08. The van der Waals surface area contributed by atoms with Crippen LogP contribution in [0.4, 0.5) is 10.1 Å². The zero-order valence-electron chi connectivity index (χ0n) is 13.5. The maximum absolute atomic E-state index is 13.6. The number of nitrogens with zero attached hydrogens (tertiary/aromatic N) is 2. The fourth-order valence-electron chi connectivity index (χ4n) is 2.99. The van der Waals surface area contributed by atoms with E-state index in [1.807, 2.05) is 24.3 Å². The molecule has 5 heteroatoms. The molecule has 0 spiro atoms. The summed E-state index contributed by atoms with van der Waals surface area (Å²) in [6.07, 6.45) is 5.11. The highest BCUT2D eigenvalue weighted by Crippen LogP contribution is 2.28. The number of anilines is 1. The van der Waals surface area contributed by atoms with Crippen LogP contribution >= 0.6 is 0 Å². The first-order valence-corrected chi connectivity index (χ1v) is 8.16. The molecule has 0 atom stereocenters. The molecule has 4 rings (SSSR count). The van der Waals surface area contributed by atoms with Gasteiger partial charge >= 0.3 is 0 Å². The van der Waals surface area contributed by atoms with E-state index in [9.17, 15) is 9.18 Å². The molecule has 0 bridgehead atoms. The normalized spacial score (nSPS) is 12.8. The van der Waals surface area contributed by atoms with Crippen molar-refractivity contribution >= 4 is 11.6 Å². The Balaban J connectivity index is 1.48. The Morgan fingerprint density at radius 2 is 1.80 bits per heavy atom. The number of carbonyl (C=O) groups excluding carboxylic acids is 1. The highest BCUT2D eigenvalue weighted by atomic mass is 19.1. The molecule has 2 heterocycles. The summed E-state index contributed by atoms with van der Waals surface area (Å²) in [6.45, 7) is 0. The summed E-state index contributed by atoms with van der Waals surface area (Å²) in [7, 11) is 0. The summed E-state index contributed by atoms with van der Waals surface area (Å²) < 4.78 is 13.6. The van der Waals surface area contributed by atoms with Crippen LogP contribution in [0.3, 0.4) is 0 Å². The topological polar surface area (TPSA) is 54.9 Å². The summed E-state index contributed by atoms with van der Waals surface area (Å²) in [5.74, 6) is 0.511. The summed E-state index contributed by atoms with van der Waals surface area (Å²) >= 11 is 0. The molecule has 0 saturated carbocycles. The highest BCUT2D eigenvalue weighted by molar-refractivity contribution is 5.99. The zero-order valence-corrected chi connectivity index (χ0v) is 13.5. The fourth-order valence-corrected chi connectivity index (χ4v) is 2.99. The standard InChI is InChI=1S/C20H16FN3O/c21-17-4-2-1-3-13(17)6-8-19-22-11-16(12-23-19)14-5-7-18-15(9-14)10-20(25)24-18/h1-5,7,9,11-12H,6,8,10H2,(H,24,25). The SMILES string of the molecule is O=C1Cc2cc(-c3cnc(CCc4ccccc4F)nc3)ccc2N1. The molecule has 2 aromatic carbocycles. The van der Waals surface area contributed by atoms with Crippen LogP contribution in [0.1, 0.15) is 17.0 Å². The first-order chi connectivity index (χ1) is 12.2. The van der Waals surface area contributed by atoms with E-state index in [2.05, 4.69) is 15.3 Å². The minimum atomic E-state index is -0.194. The van der Waals surface area contributed by atoms with Gasteiger partial charge in [-0.2, -0.15) is 0 Å². The van der Waals surface area contributed by atoms with Crippen molar-refractivity contribution in [3.8, 4) is 11.1 Å². The van der Waals surface area contributed by atoms with Crippen molar-refractivity contribution in [3.05, 3.63) is 77.6 Å². The third-order valence-electron chi connectivity index (χ3n) is 4.34. The van der Waals surface area contributed by atoms with E-state index in [4.69, 9.17) is 0 Å². The summed E-state index contributed by atoms with van der Waals surface area (Å²) in [5, 5.41) is 2.82. The van der Waals surface area contributed by atoms with Gasteiger partial charge in [0, 0.05) is 30.1 Å². The lowest BCUT2D eigenvalue weighted by atomic mass is 10.0. The van der Waals surface area contributed by atoms with Gasteiger partial charge in [-0.3, -0.25) is 4.79 Å². The van der Waals surface area contributed by atoms with Gasteiger partial charge < -0.3 is 5.32 Å². The van der Waals surface area contributed by atoms with Gasteiger partial charge in [0.15, 0.2) is 0 Å². The van der Waals surface area contributed by atoms with E-state index >= 15 is 0 Å². The molecule has 124 valence electrons. The second-order valence-electron chi connectivity index (χ2n) is 6.08. The zero-order chi connectivity index (χ0) is 17.2. The van der Waals surface area contributed by atoms with Crippen LogP contribution in [-0.2, 0) is 24.1 Å². The fraction of sp³-hybridized carbons (Fsp3) is 0.150. The van der Waals surface area contributed by atoms with Crippen LogP contribution in [0, 0.1) is 5.82 Å². The van der Waals surface area contributed by atoms with E-state index in [1.54, 1.807) is 24.5 Å². The molecule has 0 radical (unpaired) electrons. The third kappa shape index (κ3) is 3.26. The lowest BCUT2D eigenvalue weighted by Crippen LogP contribution is -2.03. The van der Waals surface area contributed by atoms with Crippen LogP contribution < -0.4 is 5.32 Å². The quantitative estimate of drug-likeness (QED) is 0.794. The maximum Gasteiger partial charge on any atom is 0.228 e. The van der Waals surface area contributed by atoms with E-state index in [1.165, 1.54) is 6.07 Å².